The zero-order valence-corrected chi connectivity index (χ0v) is 10.6. The lowest BCUT2D eigenvalue weighted by Crippen LogP contribution is -1.92. The van der Waals surface area contributed by atoms with Crippen molar-refractivity contribution in [3.63, 3.8) is 0 Å². The Bertz CT molecular complexity index is 582. The van der Waals surface area contributed by atoms with Crippen LogP contribution in [0.5, 0.6) is 0 Å². The van der Waals surface area contributed by atoms with Crippen molar-refractivity contribution >= 4 is 29.4 Å². The molecule has 2 nitrogen and oxygen atoms in total. The molecule has 1 N–H and O–H groups in total. The minimum Gasteiger partial charge on any atom is -0.388 e. The number of hydrogen-bond acceptors (Lipinski definition) is 2. The lowest BCUT2D eigenvalue weighted by Gasteiger charge is -2.06. The van der Waals surface area contributed by atoms with E-state index in [0.717, 1.165) is 11.3 Å². The van der Waals surface area contributed by atoms with Gasteiger partial charge in [-0.3, -0.25) is 4.98 Å². The summed E-state index contributed by atoms with van der Waals surface area (Å²) in [6.45, 7) is 0. The molecule has 18 heavy (non-hydrogen) atoms. The quantitative estimate of drug-likeness (QED) is 0.901. The van der Waals surface area contributed by atoms with Crippen LogP contribution in [0.15, 0.2) is 36.5 Å². The Morgan fingerprint density at radius 3 is 2.78 bits per heavy atom. The van der Waals surface area contributed by atoms with Crippen molar-refractivity contribution in [2.24, 2.45) is 0 Å². The first-order chi connectivity index (χ1) is 8.72. The monoisotopic (exact) mass is 262 g/mol. The average Bonchev–Trinajstić information content (AvgIpc) is 2.39. The molecule has 0 fully saturated rings. The largest absolute Gasteiger partial charge is 0.388 e. The summed E-state index contributed by atoms with van der Waals surface area (Å²) in [4.78, 5) is 3.95. The van der Waals surface area contributed by atoms with Crippen molar-refractivity contribution in [1.82, 2.24) is 4.98 Å². The van der Waals surface area contributed by atoms with E-state index in [0.29, 0.717) is 10.7 Å². The number of nitrogens with one attached hydrogen (secondary N) is 1. The molecule has 2 rings (SSSR count). The van der Waals surface area contributed by atoms with Crippen molar-refractivity contribution < 1.29 is 4.39 Å². The van der Waals surface area contributed by atoms with Gasteiger partial charge in [0.25, 0.3) is 0 Å². The van der Waals surface area contributed by atoms with Gasteiger partial charge in [0.15, 0.2) is 0 Å². The van der Waals surface area contributed by atoms with Gasteiger partial charge in [-0.25, -0.2) is 4.39 Å². The smallest absolute Gasteiger partial charge is 0.148 e. The summed E-state index contributed by atoms with van der Waals surface area (Å²) < 4.78 is 13.4. The fourth-order valence-electron chi connectivity index (χ4n) is 1.61. The number of halogens is 2. The first kappa shape index (κ1) is 12.6. The number of benzene rings is 1. The predicted octanol–water partition coefficient (Wildman–Crippen LogP) is 4.09. The zero-order chi connectivity index (χ0) is 13.0. The maximum absolute atomic E-state index is 13.4. The second-order valence-corrected chi connectivity index (χ2v) is 4.06. The van der Waals surface area contributed by atoms with Gasteiger partial charge in [-0.05, 0) is 36.4 Å². The molecule has 4 heteroatoms. The average molecular weight is 263 g/mol. The van der Waals surface area contributed by atoms with Gasteiger partial charge in [0.2, 0.25) is 0 Å². The third-order valence-corrected chi connectivity index (χ3v) is 2.85. The minimum atomic E-state index is -0.355. The van der Waals surface area contributed by atoms with Gasteiger partial charge in [-0.1, -0.05) is 17.7 Å². The Morgan fingerprint density at radius 1 is 1.22 bits per heavy atom. The molecule has 92 valence electrons. The van der Waals surface area contributed by atoms with Crippen molar-refractivity contribution in [3.8, 4) is 0 Å². The van der Waals surface area contributed by atoms with Crippen LogP contribution in [0.1, 0.15) is 11.3 Å². The highest BCUT2D eigenvalue weighted by atomic mass is 35.5. The van der Waals surface area contributed by atoms with Crippen LogP contribution in [0.4, 0.5) is 10.1 Å². The summed E-state index contributed by atoms with van der Waals surface area (Å²) in [5.41, 5.74) is 1.99. The van der Waals surface area contributed by atoms with Crippen LogP contribution in [0, 0.1) is 5.82 Å². The van der Waals surface area contributed by atoms with E-state index in [-0.39, 0.29) is 5.82 Å². The molecule has 1 aromatic heterocycles. The number of aromatic nitrogens is 1. The van der Waals surface area contributed by atoms with Gasteiger partial charge in [-0.2, -0.15) is 0 Å². The molecule has 0 spiro atoms. The molecule has 0 aliphatic carbocycles. The van der Waals surface area contributed by atoms with E-state index in [2.05, 4.69) is 10.3 Å². The molecule has 0 bridgehead atoms. The molecule has 1 aromatic carbocycles. The van der Waals surface area contributed by atoms with Crippen LogP contribution in [0.2, 0.25) is 5.02 Å². The van der Waals surface area contributed by atoms with E-state index in [4.69, 9.17) is 11.6 Å². The van der Waals surface area contributed by atoms with Gasteiger partial charge in [-0.15, -0.1) is 0 Å². The Morgan fingerprint density at radius 2 is 2.06 bits per heavy atom. The molecule has 0 saturated heterocycles. The maximum atomic E-state index is 13.4. The van der Waals surface area contributed by atoms with Crippen LogP contribution in [0.25, 0.3) is 12.2 Å². The second kappa shape index (κ2) is 5.65. The molecule has 2 aromatic rings. The maximum Gasteiger partial charge on any atom is 0.148 e. The van der Waals surface area contributed by atoms with E-state index >= 15 is 0 Å². The van der Waals surface area contributed by atoms with Crippen LogP contribution in [-0.4, -0.2) is 12.0 Å². The molecular formula is C14H12ClFN2. The van der Waals surface area contributed by atoms with Gasteiger partial charge in [0, 0.05) is 29.5 Å². The molecular weight excluding hydrogens is 251 g/mol. The van der Waals surface area contributed by atoms with Crippen LogP contribution in [0.3, 0.4) is 0 Å². The molecule has 0 radical (unpaired) electrons. The predicted molar refractivity (Wildman–Crippen MR) is 74.1 cm³/mol. The standard InChI is InChI=1S/C14H12ClFN2/c1-17-13-6-2-4-11(15)10(13)7-8-14-12(16)5-3-9-18-14/h2-9,17H,1H3/b8-7+. The summed E-state index contributed by atoms with van der Waals surface area (Å²) in [5.74, 6) is -0.355. The molecule has 0 aliphatic heterocycles. The molecule has 0 atom stereocenters. The van der Waals surface area contributed by atoms with Crippen molar-refractivity contribution in [1.29, 1.82) is 0 Å². The van der Waals surface area contributed by atoms with Crippen LogP contribution >= 0.6 is 11.6 Å². The third-order valence-electron chi connectivity index (χ3n) is 2.52. The molecule has 0 unspecified atom stereocenters. The zero-order valence-electron chi connectivity index (χ0n) is 9.82. The Balaban J connectivity index is 2.38. The van der Waals surface area contributed by atoms with Crippen LogP contribution in [-0.2, 0) is 0 Å². The van der Waals surface area contributed by atoms with Crippen molar-refractivity contribution in [2.45, 2.75) is 0 Å². The number of rotatable bonds is 3. The van der Waals surface area contributed by atoms with E-state index in [9.17, 15) is 4.39 Å². The number of pyridine rings is 1. The Kier molecular flexibility index (Phi) is 3.95. The number of nitrogens with zero attached hydrogens (tertiary/aromatic N) is 1. The van der Waals surface area contributed by atoms with Crippen molar-refractivity contribution in [2.75, 3.05) is 12.4 Å². The highest BCUT2D eigenvalue weighted by Gasteiger charge is 2.03. The summed E-state index contributed by atoms with van der Waals surface area (Å²) in [5, 5.41) is 3.64. The summed E-state index contributed by atoms with van der Waals surface area (Å²) in [7, 11) is 1.81. The van der Waals surface area contributed by atoms with Gasteiger partial charge in [0.1, 0.15) is 5.82 Å². The fourth-order valence-corrected chi connectivity index (χ4v) is 1.84. The third kappa shape index (κ3) is 2.68. The molecule has 1 heterocycles. The SMILES string of the molecule is CNc1cccc(Cl)c1/C=C/c1ncccc1F. The van der Waals surface area contributed by atoms with E-state index in [1.54, 1.807) is 30.5 Å². The minimum absolute atomic E-state index is 0.291. The highest BCUT2D eigenvalue weighted by Crippen LogP contribution is 2.26. The lowest BCUT2D eigenvalue weighted by atomic mass is 10.1. The second-order valence-electron chi connectivity index (χ2n) is 3.65. The van der Waals surface area contributed by atoms with E-state index < -0.39 is 0 Å². The van der Waals surface area contributed by atoms with Gasteiger partial charge in [0.05, 0.1) is 5.69 Å². The topological polar surface area (TPSA) is 24.9 Å². The summed E-state index contributed by atoms with van der Waals surface area (Å²) in [6, 6.07) is 8.48. The normalized spacial score (nSPS) is 10.8. The molecule has 0 aliphatic rings. The van der Waals surface area contributed by atoms with Crippen molar-refractivity contribution in [3.05, 3.63) is 58.6 Å². The van der Waals surface area contributed by atoms with E-state index in [1.165, 1.54) is 6.07 Å². The first-order valence-electron chi connectivity index (χ1n) is 5.47. The Labute approximate surface area is 110 Å². The summed E-state index contributed by atoms with van der Waals surface area (Å²) >= 11 is 6.11. The van der Waals surface area contributed by atoms with E-state index in [1.807, 2.05) is 19.2 Å². The molecule has 0 amide bonds. The Hall–Kier alpha value is -1.87. The number of anilines is 1. The fraction of sp³-hybridized carbons (Fsp3) is 0.0714. The first-order valence-corrected chi connectivity index (χ1v) is 5.85. The molecule has 0 saturated carbocycles. The van der Waals surface area contributed by atoms with Crippen LogP contribution < -0.4 is 5.32 Å². The van der Waals surface area contributed by atoms with Gasteiger partial charge < -0.3 is 5.32 Å². The van der Waals surface area contributed by atoms with Gasteiger partial charge >= 0.3 is 0 Å². The lowest BCUT2D eigenvalue weighted by molar-refractivity contribution is 0.618. The highest BCUT2D eigenvalue weighted by molar-refractivity contribution is 6.32. The summed E-state index contributed by atoms with van der Waals surface area (Å²) in [6.07, 6.45) is 4.91. The number of hydrogen-bond donors (Lipinski definition) is 1.